The monoisotopic (exact) mass is 443 g/mol. The third kappa shape index (κ3) is 4.26. The minimum Gasteiger partial charge on any atom is -0.354 e. The molecule has 4 rings (SSSR count). The van der Waals surface area contributed by atoms with Crippen LogP contribution in [-0.2, 0) is 26.7 Å². The minimum absolute atomic E-state index is 0.121. The van der Waals surface area contributed by atoms with Gasteiger partial charge in [-0.2, -0.15) is 0 Å². The third-order valence-electron chi connectivity index (χ3n) is 5.60. The van der Waals surface area contributed by atoms with Gasteiger partial charge in [-0.05, 0) is 31.0 Å². The fraction of sp³-hybridized carbons (Fsp3) is 0.364. The van der Waals surface area contributed by atoms with Crippen LogP contribution in [0.3, 0.4) is 0 Å². The average molecular weight is 444 g/mol. The highest BCUT2D eigenvalue weighted by Crippen LogP contribution is 2.32. The van der Waals surface area contributed by atoms with Crippen LogP contribution in [0.5, 0.6) is 0 Å². The summed E-state index contributed by atoms with van der Waals surface area (Å²) in [7, 11) is -3.16. The topological polar surface area (TPSA) is 79.4 Å². The number of rotatable bonds is 7. The molecular formula is C22H25N3O3S2. The number of fused-ring (bicyclic) bond motifs is 1. The molecule has 0 radical (unpaired) electrons. The molecule has 1 N–H and O–H groups in total. The number of aromatic nitrogens is 1. The quantitative estimate of drug-likeness (QED) is 0.609. The van der Waals surface area contributed by atoms with Crippen molar-refractivity contribution in [2.24, 2.45) is 0 Å². The summed E-state index contributed by atoms with van der Waals surface area (Å²) in [6.45, 7) is 3.05. The molecule has 1 aliphatic rings. The van der Waals surface area contributed by atoms with Crippen LogP contribution in [0.4, 0.5) is 0 Å². The van der Waals surface area contributed by atoms with Gasteiger partial charge < -0.3 is 5.32 Å². The molecule has 6 nitrogen and oxygen atoms in total. The van der Waals surface area contributed by atoms with Crippen molar-refractivity contribution in [1.29, 1.82) is 0 Å². The summed E-state index contributed by atoms with van der Waals surface area (Å²) < 4.78 is 26.5. The Morgan fingerprint density at radius 3 is 2.60 bits per heavy atom. The van der Waals surface area contributed by atoms with E-state index in [-0.39, 0.29) is 11.7 Å². The molecule has 1 atom stereocenters. The Labute approximate surface area is 181 Å². The zero-order chi connectivity index (χ0) is 21.2. The lowest BCUT2D eigenvalue weighted by Crippen LogP contribution is -2.46. The molecule has 8 heteroatoms. The Hall–Kier alpha value is -2.29. The summed E-state index contributed by atoms with van der Waals surface area (Å²) in [6.07, 6.45) is 1.12. The molecule has 1 unspecified atom stereocenters. The molecule has 158 valence electrons. The van der Waals surface area contributed by atoms with Gasteiger partial charge in [-0.1, -0.05) is 42.5 Å². The highest BCUT2D eigenvalue weighted by Gasteiger charge is 2.36. The minimum atomic E-state index is -3.16. The maximum atomic E-state index is 13.3. The van der Waals surface area contributed by atoms with Gasteiger partial charge in [-0.15, -0.1) is 11.3 Å². The maximum absolute atomic E-state index is 13.3. The van der Waals surface area contributed by atoms with Crippen LogP contribution in [-0.4, -0.2) is 49.0 Å². The van der Waals surface area contributed by atoms with Gasteiger partial charge in [0.2, 0.25) is 15.9 Å². The molecule has 2 aromatic carbocycles. The van der Waals surface area contributed by atoms with Crippen molar-refractivity contribution < 1.29 is 13.2 Å². The van der Waals surface area contributed by atoms with Gasteiger partial charge in [0.05, 0.1) is 26.4 Å². The van der Waals surface area contributed by atoms with Gasteiger partial charge in [-0.25, -0.2) is 17.7 Å². The number of thiazole rings is 1. The van der Waals surface area contributed by atoms with E-state index < -0.39 is 15.4 Å². The van der Waals surface area contributed by atoms with Crippen molar-refractivity contribution >= 4 is 37.5 Å². The molecule has 3 aromatic rings. The van der Waals surface area contributed by atoms with Gasteiger partial charge in [-0.3, -0.25) is 4.79 Å². The van der Waals surface area contributed by atoms with Gasteiger partial charge in [0.15, 0.2) is 0 Å². The SMILES string of the molecule is CC(Cc1nc2ccccc2s1)(C(=O)NCCN1CCCS1(=O)=O)c1ccccc1. The molecule has 1 aliphatic heterocycles. The summed E-state index contributed by atoms with van der Waals surface area (Å²) in [5, 5.41) is 3.87. The molecule has 0 bridgehead atoms. The third-order valence-corrected chi connectivity index (χ3v) is 8.60. The van der Waals surface area contributed by atoms with Gasteiger partial charge >= 0.3 is 0 Å². The second-order valence-corrected chi connectivity index (χ2v) is 11.0. The largest absolute Gasteiger partial charge is 0.354 e. The molecule has 0 spiro atoms. The average Bonchev–Trinajstić information content (AvgIpc) is 3.30. The molecular weight excluding hydrogens is 418 g/mol. The summed E-state index contributed by atoms with van der Waals surface area (Å²) in [5.41, 5.74) is 1.04. The van der Waals surface area contributed by atoms with Crippen LogP contribution in [0.25, 0.3) is 10.2 Å². The Morgan fingerprint density at radius 1 is 1.17 bits per heavy atom. The summed E-state index contributed by atoms with van der Waals surface area (Å²) in [6, 6.07) is 17.7. The van der Waals surface area contributed by atoms with Gasteiger partial charge in [0.1, 0.15) is 0 Å². The van der Waals surface area contributed by atoms with Crippen LogP contribution >= 0.6 is 11.3 Å². The first-order chi connectivity index (χ1) is 14.4. The van der Waals surface area contributed by atoms with Crippen LogP contribution in [0.1, 0.15) is 23.9 Å². The molecule has 0 saturated carbocycles. The first-order valence-corrected chi connectivity index (χ1v) is 12.5. The number of benzene rings is 2. The fourth-order valence-electron chi connectivity index (χ4n) is 3.85. The second kappa shape index (κ2) is 8.45. The predicted octanol–water partition coefficient (Wildman–Crippen LogP) is 2.95. The summed E-state index contributed by atoms with van der Waals surface area (Å²) in [4.78, 5) is 18.0. The van der Waals surface area contributed by atoms with Crippen molar-refractivity contribution in [2.45, 2.75) is 25.2 Å². The first kappa shape index (κ1) is 21.0. The van der Waals surface area contributed by atoms with E-state index in [4.69, 9.17) is 4.98 Å². The summed E-state index contributed by atoms with van der Waals surface area (Å²) in [5.74, 6) is 0.0739. The van der Waals surface area contributed by atoms with Crippen molar-refractivity contribution in [2.75, 3.05) is 25.4 Å². The number of nitrogens with zero attached hydrogens (tertiary/aromatic N) is 2. The lowest BCUT2D eigenvalue weighted by atomic mass is 9.78. The first-order valence-electron chi connectivity index (χ1n) is 10.0. The number of hydrogen-bond acceptors (Lipinski definition) is 5. The highest BCUT2D eigenvalue weighted by molar-refractivity contribution is 7.89. The number of carbonyl (C=O) groups excluding carboxylic acids is 1. The summed E-state index contributed by atoms with van der Waals surface area (Å²) >= 11 is 1.60. The van der Waals surface area contributed by atoms with E-state index in [1.807, 2.05) is 61.5 Å². The molecule has 2 heterocycles. The lowest BCUT2D eigenvalue weighted by Gasteiger charge is -2.28. The van der Waals surface area contributed by atoms with Crippen molar-refractivity contribution in [3.8, 4) is 0 Å². The normalized spacial score (nSPS) is 18.3. The van der Waals surface area contributed by atoms with Crippen LogP contribution in [0, 0.1) is 0 Å². The van der Waals surface area contributed by atoms with Gasteiger partial charge in [0, 0.05) is 26.1 Å². The van der Waals surface area contributed by atoms with Gasteiger partial charge in [0.25, 0.3) is 0 Å². The van der Waals surface area contributed by atoms with E-state index in [2.05, 4.69) is 5.32 Å². The Balaban J connectivity index is 1.53. The lowest BCUT2D eigenvalue weighted by molar-refractivity contribution is -0.126. The molecule has 1 fully saturated rings. The van der Waals surface area contributed by atoms with E-state index in [1.165, 1.54) is 4.31 Å². The number of nitrogens with one attached hydrogen (secondary N) is 1. The number of amides is 1. The van der Waals surface area contributed by atoms with Crippen molar-refractivity contribution in [3.63, 3.8) is 0 Å². The number of sulfonamides is 1. The number of hydrogen-bond donors (Lipinski definition) is 1. The van der Waals surface area contributed by atoms with Crippen molar-refractivity contribution in [3.05, 3.63) is 65.2 Å². The number of carbonyl (C=O) groups is 1. The van der Waals surface area contributed by atoms with Crippen LogP contribution in [0.15, 0.2) is 54.6 Å². The molecule has 0 aliphatic carbocycles. The van der Waals surface area contributed by atoms with E-state index in [1.54, 1.807) is 11.3 Å². The molecule has 1 aromatic heterocycles. The van der Waals surface area contributed by atoms with E-state index >= 15 is 0 Å². The Morgan fingerprint density at radius 2 is 1.90 bits per heavy atom. The fourth-order valence-corrected chi connectivity index (χ4v) is 6.50. The maximum Gasteiger partial charge on any atom is 0.230 e. The predicted molar refractivity (Wildman–Crippen MR) is 120 cm³/mol. The molecule has 1 amide bonds. The highest BCUT2D eigenvalue weighted by atomic mass is 32.2. The smallest absolute Gasteiger partial charge is 0.230 e. The van der Waals surface area contributed by atoms with E-state index in [0.717, 1.165) is 20.8 Å². The molecule has 30 heavy (non-hydrogen) atoms. The second-order valence-electron chi connectivity index (χ2n) is 7.77. The van der Waals surface area contributed by atoms with Crippen LogP contribution in [0.2, 0.25) is 0 Å². The Bertz CT molecular complexity index is 1110. The van der Waals surface area contributed by atoms with E-state index in [0.29, 0.717) is 32.5 Å². The standard InChI is InChI=1S/C22H25N3O3S2/c1-22(17-8-3-2-4-9-17,16-20-24-18-10-5-6-11-19(18)29-20)21(26)23-12-14-25-13-7-15-30(25,27)28/h2-6,8-11H,7,12-16H2,1H3,(H,23,26). The number of para-hydroxylation sites is 1. The van der Waals surface area contributed by atoms with E-state index in [9.17, 15) is 13.2 Å². The Kier molecular flexibility index (Phi) is 5.90. The van der Waals surface area contributed by atoms with Crippen molar-refractivity contribution in [1.82, 2.24) is 14.6 Å². The zero-order valence-corrected chi connectivity index (χ0v) is 18.5. The van der Waals surface area contributed by atoms with Crippen LogP contribution < -0.4 is 5.32 Å². The molecule has 1 saturated heterocycles. The zero-order valence-electron chi connectivity index (χ0n) is 16.9.